The van der Waals surface area contributed by atoms with Gasteiger partial charge in [0, 0.05) is 0 Å². The molecular formula is C17H28O2. The number of hydrogen-bond donors (Lipinski definition) is 2. The zero-order valence-corrected chi connectivity index (χ0v) is 12.5. The summed E-state index contributed by atoms with van der Waals surface area (Å²) in [7, 11) is 0. The fourth-order valence-corrected chi connectivity index (χ4v) is 2.32. The van der Waals surface area contributed by atoms with Gasteiger partial charge in [-0.3, -0.25) is 0 Å². The van der Waals surface area contributed by atoms with E-state index in [1.165, 1.54) is 0 Å². The van der Waals surface area contributed by atoms with Gasteiger partial charge >= 0.3 is 0 Å². The number of rotatable bonds is 8. The largest absolute Gasteiger partial charge is 0.390 e. The molecular weight excluding hydrogens is 236 g/mol. The maximum absolute atomic E-state index is 10.4. The fourth-order valence-electron chi connectivity index (χ4n) is 2.32. The van der Waals surface area contributed by atoms with Gasteiger partial charge in [0.15, 0.2) is 0 Å². The fraction of sp³-hybridized carbons (Fsp3) is 0.647. The molecule has 0 amide bonds. The van der Waals surface area contributed by atoms with Crippen LogP contribution in [0.15, 0.2) is 30.3 Å². The second-order valence-corrected chi connectivity index (χ2v) is 6.37. The first-order valence-electron chi connectivity index (χ1n) is 7.32. The lowest BCUT2D eigenvalue weighted by Crippen LogP contribution is -2.20. The Labute approximate surface area is 117 Å². The van der Waals surface area contributed by atoms with Crippen LogP contribution < -0.4 is 0 Å². The topological polar surface area (TPSA) is 40.5 Å². The van der Waals surface area contributed by atoms with E-state index >= 15 is 0 Å². The Morgan fingerprint density at radius 3 is 1.84 bits per heavy atom. The summed E-state index contributed by atoms with van der Waals surface area (Å²) in [6.45, 7) is 5.60. The highest BCUT2D eigenvalue weighted by Gasteiger charge is 2.21. The lowest BCUT2D eigenvalue weighted by atomic mass is 9.90. The van der Waals surface area contributed by atoms with E-state index in [0.29, 0.717) is 0 Å². The van der Waals surface area contributed by atoms with E-state index in [2.05, 4.69) is 0 Å². The first kappa shape index (κ1) is 16.2. The van der Waals surface area contributed by atoms with Gasteiger partial charge in [0.25, 0.3) is 0 Å². The van der Waals surface area contributed by atoms with E-state index in [-0.39, 0.29) is 0 Å². The van der Waals surface area contributed by atoms with Gasteiger partial charge in [-0.1, -0.05) is 56.0 Å². The van der Waals surface area contributed by atoms with Crippen molar-refractivity contribution in [3.05, 3.63) is 35.9 Å². The van der Waals surface area contributed by atoms with Crippen molar-refractivity contribution in [2.75, 3.05) is 0 Å². The third-order valence-electron chi connectivity index (χ3n) is 3.60. The molecule has 1 atom stereocenters. The lowest BCUT2D eigenvalue weighted by Gasteiger charge is -2.24. The van der Waals surface area contributed by atoms with Crippen molar-refractivity contribution in [3.8, 4) is 0 Å². The molecule has 1 aromatic carbocycles. The van der Waals surface area contributed by atoms with Crippen LogP contribution in [0, 0.1) is 0 Å². The predicted molar refractivity (Wildman–Crippen MR) is 80.0 cm³/mol. The molecule has 0 aliphatic carbocycles. The molecule has 2 N–H and O–H groups in total. The monoisotopic (exact) mass is 264 g/mol. The first-order chi connectivity index (χ1) is 8.81. The predicted octanol–water partition coefficient (Wildman–Crippen LogP) is 4.01. The highest BCUT2D eigenvalue weighted by atomic mass is 16.3. The van der Waals surface area contributed by atoms with Crippen molar-refractivity contribution < 1.29 is 10.2 Å². The van der Waals surface area contributed by atoms with Gasteiger partial charge in [0.2, 0.25) is 0 Å². The normalized spacial score (nSPS) is 15.2. The number of hydrogen-bond acceptors (Lipinski definition) is 2. The van der Waals surface area contributed by atoms with E-state index in [1.807, 2.05) is 51.1 Å². The minimum atomic E-state index is -0.725. The zero-order chi connectivity index (χ0) is 14.4. The molecule has 0 radical (unpaired) electrons. The number of aliphatic hydroxyl groups is 2. The highest BCUT2D eigenvalue weighted by molar-refractivity contribution is 5.21. The second-order valence-electron chi connectivity index (χ2n) is 6.37. The van der Waals surface area contributed by atoms with Gasteiger partial charge in [-0.2, -0.15) is 0 Å². The van der Waals surface area contributed by atoms with Crippen molar-refractivity contribution in [2.45, 2.75) is 70.5 Å². The van der Waals surface area contributed by atoms with Gasteiger partial charge < -0.3 is 10.2 Å². The highest BCUT2D eigenvalue weighted by Crippen LogP contribution is 2.27. The first-order valence-corrected chi connectivity index (χ1v) is 7.32. The summed E-state index contributed by atoms with van der Waals surface area (Å²) in [6, 6.07) is 9.86. The Hall–Kier alpha value is -0.860. The summed E-state index contributed by atoms with van der Waals surface area (Å²) in [6.07, 6.45) is 5.94. The van der Waals surface area contributed by atoms with Gasteiger partial charge in [-0.05, 0) is 39.2 Å². The minimum Gasteiger partial charge on any atom is -0.390 e. The summed E-state index contributed by atoms with van der Waals surface area (Å²) in [5, 5.41) is 20.0. The zero-order valence-electron chi connectivity index (χ0n) is 12.5. The standard InChI is InChI=1S/C17H28O2/c1-16(2,18)13-9-4-5-10-14-17(3,19)15-11-7-6-8-12-15/h6-8,11-12,18-19H,4-5,9-10,13-14H2,1-3H3/t17-/m1/s1. The summed E-state index contributed by atoms with van der Waals surface area (Å²) in [4.78, 5) is 0. The third kappa shape index (κ3) is 6.74. The molecule has 0 aliphatic rings. The van der Waals surface area contributed by atoms with Crippen LogP contribution in [0.3, 0.4) is 0 Å². The molecule has 0 saturated carbocycles. The van der Waals surface area contributed by atoms with Gasteiger partial charge in [0.05, 0.1) is 11.2 Å². The van der Waals surface area contributed by atoms with Crippen LogP contribution in [0.2, 0.25) is 0 Å². The Morgan fingerprint density at radius 2 is 1.32 bits per heavy atom. The van der Waals surface area contributed by atoms with E-state index in [4.69, 9.17) is 0 Å². The van der Waals surface area contributed by atoms with Crippen LogP contribution in [0.25, 0.3) is 0 Å². The van der Waals surface area contributed by atoms with E-state index < -0.39 is 11.2 Å². The summed E-state index contributed by atoms with van der Waals surface area (Å²) in [5.74, 6) is 0. The van der Waals surface area contributed by atoms with Crippen LogP contribution in [-0.4, -0.2) is 15.8 Å². The minimum absolute atomic E-state index is 0.546. The summed E-state index contributed by atoms with van der Waals surface area (Å²) < 4.78 is 0. The van der Waals surface area contributed by atoms with Gasteiger partial charge in [-0.15, -0.1) is 0 Å². The van der Waals surface area contributed by atoms with E-state index in [0.717, 1.165) is 44.1 Å². The van der Waals surface area contributed by atoms with Crippen molar-refractivity contribution in [3.63, 3.8) is 0 Å². The van der Waals surface area contributed by atoms with E-state index in [9.17, 15) is 10.2 Å². The molecule has 0 heterocycles. The Morgan fingerprint density at radius 1 is 0.789 bits per heavy atom. The SMILES string of the molecule is CC(C)(O)CCCCCC[C@@](C)(O)c1ccccc1. The van der Waals surface area contributed by atoms with Crippen LogP contribution in [0.5, 0.6) is 0 Å². The maximum atomic E-state index is 10.4. The van der Waals surface area contributed by atoms with Crippen LogP contribution >= 0.6 is 0 Å². The Kier molecular flexibility index (Phi) is 6.02. The molecule has 0 fully saturated rings. The van der Waals surface area contributed by atoms with Gasteiger partial charge in [0.1, 0.15) is 0 Å². The van der Waals surface area contributed by atoms with Crippen molar-refractivity contribution in [1.82, 2.24) is 0 Å². The average Bonchev–Trinajstić information content (AvgIpc) is 2.33. The molecule has 1 rings (SSSR count). The van der Waals surface area contributed by atoms with Crippen molar-refractivity contribution in [2.24, 2.45) is 0 Å². The molecule has 0 bridgehead atoms. The average molecular weight is 264 g/mol. The number of unbranched alkanes of at least 4 members (excludes halogenated alkanes) is 3. The van der Waals surface area contributed by atoms with Crippen LogP contribution in [-0.2, 0) is 5.60 Å². The number of benzene rings is 1. The van der Waals surface area contributed by atoms with Crippen LogP contribution in [0.1, 0.15) is 64.9 Å². The maximum Gasteiger partial charge on any atom is 0.0868 e. The molecule has 2 heteroatoms. The molecule has 0 unspecified atom stereocenters. The van der Waals surface area contributed by atoms with Crippen molar-refractivity contribution in [1.29, 1.82) is 0 Å². The van der Waals surface area contributed by atoms with Gasteiger partial charge in [-0.25, -0.2) is 0 Å². The van der Waals surface area contributed by atoms with Crippen molar-refractivity contribution >= 4 is 0 Å². The Bertz CT molecular complexity index is 349. The van der Waals surface area contributed by atoms with Crippen LogP contribution in [0.4, 0.5) is 0 Å². The molecule has 108 valence electrons. The molecule has 0 aromatic heterocycles. The third-order valence-corrected chi connectivity index (χ3v) is 3.60. The summed E-state index contributed by atoms with van der Waals surface area (Å²) >= 11 is 0. The molecule has 1 aromatic rings. The molecule has 0 spiro atoms. The summed E-state index contributed by atoms with van der Waals surface area (Å²) in [5.41, 5.74) is -0.279. The smallest absolute Gasteiger partial charge is 0.0868 e. The molecule has 2 nitrogen and oxygen atoms in total. The molecule has 0 aliphatic heterocycles. The van der Waals surface area contributed by atoms with E-state index in [1.54, 1.807) is 0 Å². The quantitative estimate of drug-likeness (QED) is 0.697. The second kappa shape index (κ2) is 7.06. The lowest BCUT2D eigenvalue weighted by molar-refractivity contribution is 0.0440. The Balaban J connectivity index is 2.22. The molecule has 19 heavy (non-hydrogen) atoms. The molecule has 0 saturated heterocycles.